The normalized spacial score (nSPS) is 11.6. The van der Waals surface area contributed by atoms with E-state index >= 15 is 0 Å². The Morgan fingerprint density at radius 2 is 2.00 bits per heavy atom. The number of aldehydes is 1. The van der Waals surface area contributed by atoms with Crippen molar-refractivity contribution in [2.75, 3.05) is 6.54 Å². The van der Waals surface area contributed by atoms with Gasteiger partial charge in [-0.05, 0) is 24.1 Å². The average molecular weight is 285 g/mol. The zero-order valence-corrected chi connectivity index (χ0v) is 10.8. The van der Waals surface area contributed by atoms with E-state index in [2.05, 4.69) is 5.32 Å². The Labute approximate surface area is 114 Å². The molecule has 0 spiro atoms. The molecular weight excluding hydrogens is 271 g/mol. The quantitative estimate of drug-likeness (QED) is 0.667. The molecule has 0 saturated heterocycles. The molecule has 1 N–H and O–H groups in total. The van der Waals surface area contributed by atoms with E-state index in [1.807, 2.05) is 0 Å². The van der Waals surface area contributed by atoms with Crippen LogP contribution in [0.15, 0.2) is 24.3 Å². The van der Waals surface area contributed by atoms with Crippen molar-refractivity contribution in [3.63, 3.8) is 0 Å². The topological polar surface area (TPSA) is 46.2 Å². The molecule has 0 aliphatic rings. The van der Waals surface area contributed by atoms with Crippen LogP contribution in [0.2, 0.25) is 0 Å². The van der Waals surface area contributed by atoms with Gasteiger partial charge in [0.1, 0.15) is 0 Å². The Morgan fingerprint density at radius 3 is 2.55 bits per heavy atom. The third-order valence-electron chi connectivity index (χ3n) is 2.52. The summed E-state index contributed by atoms with van der Waals surface area (Å²) in [4.78, 5) is 21.4. The second-order valence-corrected chi connectivity index (χ2v) is 4.13. The number of carbonyl (C=O) groups excluding carboxylic acids is 2. The van der Waals surface area contributed by atoms with E-state index in [-0.39, 0.29) is 17.0 Å². The minimum absolute atomic E-state index is 0.175. The lowest BCUT2D eigenvalue weighted by atomic mass is 10.0. The maximum Gasteiger partial charge on any atom is 0.416 e. The summed E-state index contributed by atoms with van der Waals surface area (Å²) in [6, 6.07) is 2.94. The van der Waals surface area contributed by atoms with Gasteiger partial charge in [-0.25, -0.2) is 0 Å². The van der Waals surface area contributed by atoms with E-state index in [1.165, 1.54) is 13.0 Å². The lowest BCUT2D eigenvalue weighted by Crippen LogP contribution is -2.20. The van der Waals surface area contributed by atoms with Crippen molar-refractivity contribution in [3.8, 4) is 0 Å². The molecule has 1 aromatic rings. The number of halogens is 3. The predicted molar refractivity (Wildman–Crippen MR) is 69.2 cm³/mol. The maximum atomic E-state index is 12.6. The number of alkyl halides is 3. The molecule has 0 fully saturated rings. The minimum atomic E-state index is -4.44. The molecule has 108 valence electrons. The van der Waals surface area contributed by atoms with Gasteiger partial charge in [0.05, 0.1) is 5.56 Å². The molecule has 20 heavy (non-hydrogen) atoms. The van der Waals surface area contributed by atoms with Crippen LogP contribution < -0.4 is 5.32 Å². The van der Waals surface area contributed by atoms with Gasteiger partial charge in [-0.15, -0.1) is 0 Å². The molecule has 0 atom stereocenters. The summed E-state index contributed by atoms with van der Waals surface area (Å²) in [6.45, 7) is 1.77. The van der Waals surface area contributed by atoms with Crippen molar-refractivity contribution in [2.24, 2.45) is 0 Å². The van der Waals surface area contributed by atoms with E-state index in [0.717, 1.165) is 18.2 Å². The number of amides is 1. The van der Waals surface area contributed by atoms with Gasteiger partial charge in [0.25, 0.3) is 0 Å². The summed E-state index contributed by atoms with van der Waals surface area (Å²) in [5, 5.41) is 2.56. The van der Waals surface area contributed by atoms with Gasteiger partial charge in [-0.1, -0.05) is 18.2 Å². The molecule has 0 unspecified atom stereocenters. The van der Waals surface area contributed by atoms with Crippen molar-refractivity contribution in [1.82, 2.24) is 5.32 Å². The number of hydrogen-bond acceptors (Lipinski definition) is 2. The smallest absolute Gasteiger partial charge is 0.356 e. The zero-order valence-electron chi connectivity index (χ0n) is 10.8. The molecule has 1 amide bonds. The standard InChI is InChI=1S/C14H14F3NO2/c1-10(20)18-7-3-2-4-11-8-13(14(15,16)17)6-5-12(11)9-19/h2,4-6,8-9H,3,7H2,1H3,(H,18,20). The summed E-state index contributed by atoms with van der Waals surface area (Å²) in [5.41, 5.74) is -0.406. The molecule has 0 aliphatic heterocycles. The lowest BCUT2D eigenvalue weighted by molar-refractivity contribution is -0.137. The molecule has 3 nitrogen and oxygen atoms in total. The van der Waals surface area contributed by atoms with Gasteiger partial charge >= 0.3 is 6.18 Å². The molecule has 1 aromatic carbocycles. The van der Waals surface area contributed by atoms with E-state index < -0.39 is 11.7 Å². The fourth-order valence-corrected chi connectivity index (χ4v) is 1.54. The van der Waals surface area contributed by atoms with Crippen molar-refractivity contribution < 1.29 is 22.8 Å². The molecule has 0 aromatic heterocycles. The van der Waals surface area contributed by atoms with Crippen LogP contribution in [0.5, 0.6) is 0 Å². The average Bonchev–Trinajstić information content (AvgIpc) is 2.36. The third-order valence-corrected chi connectivity index (χ3v) is 2.52. The number of carbonyl (C=O) groups is 2. The third kappa shape index (κ3) is 4.87. The molecule has 1 rings (SSSR count). The number of benzene rings is 1. The first-order valence-electron chi connectivity index (χ1n) is 5.92. The first kappa shape index (κ1) is 15.9. The highest BCUT2D eigenvalue weighted by molar-refractivity contribution is 5.82. The van der Waals surface area contributed by atoms with Gasteiger partial charge in [-0.2, -0.15) is 13.2 Å². The molecule has 6 heteroatoms. The van der Waals surface area contributed by atoms with Crippen LogP contribution in [0.3, 0.4) is 0 Å². The Morgan fingerprint density at radius 1 is 1.30 bits per heavy atom. The zero-order chi connectivity index (χ0) is 15.2. The van der Waals surface area contributed by atoms with Crippen LogP contribution >= 0.6 is 0 Å². The van der Waals surface area contributed by atoms with Gasteiger partial charge in [0.2, 0.25) is 5.91 Å². The van der Waals surface area contributed by atoms with Gasteiger partial charge in [-0.3, -0.25) is 9.59 Å². The molecule has 0 saturated carbocycles. The molecule has 0 bridgehead atoms. The van der Waals surface area contributed by atoms with Crippen LogP contribution in [-0.4, -0.2) is 18.7 Å². The van der Waals surface area contributed by atoms with Crippen molar-refractivity contribution in [2.45, 2.75) is 19.5 Å². The van der Waals surface area contributed by atoms with Crippen LogP contribution in [0, 0.1) is 0 Å². The van der Waals surface area contributed by atoms with E-state index in [1.54, 1.807) is 6.08 Å². The fourth-order valence-electron chi connectivity index (χ4n) is 1.54. The summed E-state index contributed by atoms with van der Waals surface area (Å²) < 4.78 is 37.7. The monoisotopic (exact) mass is 285 g/mol. The second-order valence-electron chi connectivity index (χ2n) is 4.13. The first-order valence-corrected chi connectivity index (χ1v) is 5.92. The highest BCUT2D eigenvalue weighted by Crippen LogP contribution is 2.30. The summed E-state index contributed by atoms with van der Waals surface area (Å²) in [5.74, 6) is -0.175. The largest absolute Gasteiger partial charge is 0.416 e. The van der Waals surface area contributed by atoms with Gasteiger partial charge in [0, 0.05) is 19.0 Å². The van der Waals surface area contributed by atoms with Crippen LogP contribution in [-0.2, 0) is 11.0 Å². The lowest BCUT2D eigenvalue weighted by Gasteiger charge is -2.08. The minimum Gasteiger partial charge on any atom is -0.356 e. The fraction of sp³-hybridized carbons (Fsp3) is 0.286. The highest BCUT2D eigenvalue weighted by atomic mass is 19.4. The molecular formula is C14H14F3NO2. The molecule has 0 radical (unpaired) electrons. The predicted octanol–water partition coefficient (Wildman–Crippen LogP) is 3.06. The maximum absolute atomic E-state index is 12.6. The first-order chi connectivity index (χ1) is 9.34. The van der Waals surface area contributed by atoms with Crippen molar-refractivity contribution in [3.05, 3.63) is 41.0 Å². The number of hydrogen-bond donors (Lipinski definition) is 1. The number of nitrogens with one attached hydrogen (secondary N) is 1. The summed E-state index contributed by atoms with van der Waals surface area (Å²) >= 11 is 0. The Balaban J connectivity index is 2.83. The summed E-state index contributed by atoms with van der Waals surface area (Å²) in [6.07, 6.45) is -0.416. The van der Waals surface area contributed by atoms with Gasteiger partial charge < -0.3 is 5.32 Å². The van der Waals surface area contributed by atoms with Gasteiger partial charge in [0.15, 0.2) is 6.29 Å². The van der Waals surface area contributed by atoms with Crippen LogP contribution in [0.4, 0.5) is 13.2 Å². The Bertz CT molecular complexity index is 522. The van der Waals surface area contributed by atoms with Crippen LogP contribution in [0.25, 0.3) is 6.08 Å². The second kappa shape index (κ2) is 6.88. The number of rotatable bonds is 5. The highest BCUT2D eigenvalue weighted by Gasteiger charge is 2.30. The molecule has 0 heterocycles. The summed E-state index contributed by atoms with van der Waals surface area (Å²) in [7, 11) is 0. The van der Waals surface area contributed by atoms with E-state index in [4.69, 9.17) is 0 Å². The van der Waals surface area contributed by atoms with E-state index in [0.29, 0.717) is 19.3 Å². The van der Waals surface area contributed by atoms with Crippen molar-refractivity contribution >= 4 is 18.3 Å². The molecule has 0 aliphatic carbocycles. The van der Waals surface area contributed by atoms with Crippen molar-refractivity contribution in [1.29, 1.82) is 0 Å². The van der Waals surface area contributed by atoms with E-state index in [9.17, 15) is 22.8 Å². The van der Waals surface area contributed by atoms with Crippen LogP contribution in [0.1, 0.15) is 34.8 Å². The Kier molecular flexibility index (Phi) is 5.49. The Hall–Kier alpha value is -2.11. The SMILES string of the molecule is CC(=O)NCCC=Cc1cc(C(F)(F)F)ccc1C=O.